The smallest absolute Gasteiger partial charge is 0.254 e. The number of hydrogen-bond donors (Lipinski definition) is 1. The number of hydrogen-bond acceptors (Lipinski definition) is 3. The second kappa shape index (κ2) is 6.70. The van der Waals surface area contributed by atoms with Gasteiger partial charge in [-0.15, -0.1) is 0 Å². The standard InChI is InChI=1S/C18H17FN2O3/c1-24-15-8-4-13(5-9-15)18(23)21-11-10-20-17(22)16(21)12-2-6-14(19)7-3-12/h2-9,16H,10-11H2,1H3,(H,20,22). The summed E-state index contributed by atoms with van der Waals surface area (Å²) >= 11 is 0. The van der Waals surface area contributed by atoms with Crippen molar-refractivity contribution in [2.24, 2.45) is 0 Å². The van der Waals surface area contributed by atoms with Gasteiger partial charge in [-0.25, -0.2) is 4.39 Å². The van der Waals surface area contributed by atoms with Gasteiger partial charge in [-0.3, -0.25) is 9.59 Å². The van der Waals surface area contributed by atoms with Crippen LogP contribution in [0.5, 0.6) is 5.75 Å². The average molecular weight is 328 g/mol. The van der Waals surface area contributed by atoms with Gasteiger partial charge in [-0.2, -0.15) is 0 Å². The number of nitrogens with one attached hydrogen (secondary N) is 1. The first-order chi connectivity index (χ1) is 11.6. The molecule has 0 saturated carbocycles. The summed E-state index contributed by atoms with van der Waals surface area (Å²) in [6.07, 6.45) is 0. The molecule has 5 nitrogen and oxygen atoms in total. The van der Waals surface area contributed by atoms with Gasteiger partial charge in [0.1, 0.15) is 17.6 Å². The van der Waals surface area contributed by atoms with E-state index < -0.39 is 6.04 Å². The van der Waals surface area contributed by atoms with Gasteiger partial charge >= 0.3 is 0 Å². The minimum atomic E-state index is -0.769. The molecular formula is C18H17FN2O3. The predicted octanol–water partition coefficient (Wildman–Crippen LogP) is 2.15. The third kappa shape index (κ3) is 3.08. The van der Waals surface area contributed by atoms with E-state index in [1.165, 1.54) is 29.2 Å². The maximum Gasteiger partial charge on any atom is 0.254 e. The third-order valence-electron chi connectivity index (χ3n) is 4.00. The van der Waals surface area contributed by atoms with Crippen LogP contribution in [0.1, 0.15) is 22.0 Å². The molecule has 2 amide bonds. The number of carbonyl (C=O) groups excluding carboxylic acids is 2. The topological polar surface area (TPSA) is 58.6 Å². The first-order valence-electron chi connectivity index (χ1n) is 7.58. The Bertz CT molecular complexity index is 744. The molecule has 1 fully saturated rings. The number of nitrogens with zero attached hydrogens (tertiary/aromatic N) is 1. The van der Waals surface area contributed by atoms with Crippen LogP contribution in [-0.2, 0) is 4.79 Å². The molecule has 0 aromatic heterocycles. The summed E-state index contributed by atoms with van der Waals surface area (Å²) in [7, 11) is 1.55. The normalized spacial score (nSPS) is 17.3. The van der Waals surface area contributed by atoms with Crippen molar-refractivity contribution in [1.29, 1.82) is 0 Å². The van der Waals surface area contributed by atoms with Gasteiger partial charge in [0.2, 0.25) is 5.91 Å². The van der Waals surface area contributed by atoms with Crippen LogP contribution in [0, 0.1) is 5.82 Å². The van der Waals surface area contributed by atoms with Crippen LogP contribution in [0.15, 0.2) is 48.5 Å². The number of halogens is 1. The maximum absolute atomic E-state index is 13.2. The van der Waals surface area contributed by atoms with E-state index in [0.29, 0.717) is 30.0 Å². The van der Waals surface area contributed by atoms with Gasteiger partial charge in [-0.1, -0.05) is 12.1 Å². The highest BCUT2D eigenvalue weighted by molar-refractivity contribution is 5.98. The van der Waals surface area contributed by atoms with Crippen LogP contribution in [0.4, 0.5) is 4.39 Å². The molecule has 6 heteroatoms. The zero-order chi connectivity index (χ0) is 17.1. The van der Waals surface area contributed by atoms with E-state index in [1.807, 2.05) is 0 Å². The molecule has 0 bridgehead atoms. The molecule has 1 heterocycles. The molecule has 0 spiro atoms. The zero-order valence-corrected chi connectivity index (χ0v) is 13.2. The number of carbonyl (C=O) groups is 2. The second-order valence-corrected chi connectivity index (χ2v) is 5.47. The molecule has 2 aromatic carbocycles. The fourth-order valence-electron chi connectivity index (χ4n) is 2.76. The van der Waals surface area contributed by atoms with E-state index in [2.05, 4.69) is 5.32 Å². The molecule has 0 aliphatic carbocycles. The Morgan fingerprint density at radius 1 is 1.17 bits per heavy atom. The van der Waals surface area contributed by atoms with Crippen LogP contribution < -0.4 is 10.1 Å². The van der Waals surface area contributed by atoms with E-state index in [-0.39, 0.29) is 17.6 Å². The quantitative estimate of drug-likeness (QED) is 0.939. The molecule has 124 valence electrons. The van der Waals surface area contributed by atoms with Gasteiger partial charge in [0.05, 0.1) is 7.11 Å². The first kappa shape index (κ1) is 16.0. The lowest BCUT2D eigenvalue weighted by Crippen LogP contribution is -2.52. The first-order valence-corrected chi connectivity index (χ1v) is 7.58. The summed E-state index contributed by atoms with van der Waals surface area (Å²) in [5.41, 5.74) is 1.05. The summed E-state index contributed by atoms with van der Waals surface area (Å²) in [4.78, 5) is 26.6. The summed E-state index contributed by atoms with van der Waals surface area (Å²) in [6, 6.07) is 11.6. The highest BCUT2D eigenvalue weighted by Crippen LogP contribution is 2.26. The van der Waals surface area contributed by atoms with Gasteiger partial charge in [0.15, 0.2) is 0 Å². The van der Waals surface area contributed by atoms with Crippen LogP contribution in [-0.4, -0.2) is 36.9 Å². The fraction of sp³-hybridized carbons (Fsp3) is 0.222. The summed E-state index contributed by atoms with van der Waals surface area (Å²) in [5, 5.41) is 2.75. The Labute approximate surface area is 139 Å². The van der Waals surface area contributed by atoms with Crippen molar-refractivity contribution in [1.82, 2.24) is 10.2 Å². The fourth-order valence-corrected chi connectivity index (χ4v) is 2.76. The molecule has 1 aliphatic rings. The summed E-state index contributed by atoms with van der Waals surface area (Å²) in [6.45, 7) is 0.775. The van der Waals surface area contributed by atoms with Crippen molar-refractivity contribution in [3.05, 3.63) is 65.5 Å². The van der Waals surface area contributed by atoms with E-state index in [9.17, 15) is 14.0 Å². The number of rotatable bonds is 3. The van der Waals surface area contributed by atoms with Crippen molar-refractivity contribution in [2.75, 3.05) is 20.2 Å². The highest BCUT2D eigenvalue weighted by atomic mass is 19.1. The van der Waals surface area contributed by atoms with Crippen molar-refractivity contribution in [3.63, 3.8) is 0 Å². The SMILES string of the molecule is COc1ccc(C(=O)N2CCNC(=O)C2c2ccc(F)cc2)cc1. The second-order valence-electron chi connectivity index (χ2n) is 5.47. The third-order valence-corrected chi connectivity index (χ3v) is 4.00. The molecule has 1 atom stereocenters. The van der Waals surface area contributed by atoms with Crippen molar-refractivity contribution in [3.8, 4) is 5.75 Å². The summed E-state index contributed by atoms with van der Waals surface area (Å²) < 4.78 is 18.2. The number of benzene rings is 2. The van der Waals surface area contributed by atoms with Crippen LogP contribution in [0.3, 0.4) is 0 Å². The molecule has 1 saturated heterocycles. The molecular weight excluding hydrogens is 311 g/mol. The molecule has 1 aliphatic heterocycles. The molecule has 3 rings (SSSR count). The number of methoxy groups -OCH3 is 1. The monoisotopic (exact) mass is 328 g/mol. The van der Waals surface area contributed by atoms with Crippen molar-refractivity contribution in [2.45, 2.75) is 6.04 Å². The Kier molecular flexibility index (Phi) is 4.46. The van der Waals surface area contributed by atoms with Gasteiger partial charge in [-0.05, 0) is 42.0 Å². The number of piperazine rings is 1. The van der Waals surface area contributed by atoms with Crippen molar-refractivity contribution < 1.29 is 18.7 Å². The van der Waals surface area contributed by atoms with Crippen molar-refractivity contribution >= 4 is 11.8 Å². The summed E-state index contributed by atoms with van der Waals surface area (Å²) in [5.74, 6) is -0.252. The zero-order valence-electron chi connectivity index (χ0n) is 13.2. The Morgan fingerprint density at radius 2 is 1.83 bits per heavy atom. The van der Waals surface area contributed by atoms with Gasteiger partial charge in [0.25, 0.3) is 5.91 Å². The number of amides is 2. The molecule has 0 radical (unpaired) electrons. The minimum Gasteiger partial charge on any atom is -0.497 e. The Morgan fingerprint density at radius 3 is 2.46 bits per heavy atom. The highest BCUT2D eigenvalue weighted by Gasteiger charge is 2.34. The van der Waals surface area contributed by atoms with E-state index in [0.717, 1.165) is 0 Å². The minimum absolute atomic E-state index is 0.248. The van der Waals surface area contributed by atoms with Gasteiger partial charge in [0, 0.05) is 18.7 Å². The molecule has 24 heavy (non-hydrogen) atoms. The maximum atomic E-state index is 13.2. The lowest BCUT2D eigenvalue weighted by atomic mass is 10.0. The lowest BCUT2D eigenvalue weighted by Gasteiger charge is -2.35. The molecule has 2 aromatic rings. The molecule has 1 unspecified atom stereocenters. The Balaban J connectivity index is 1.91. The predicted molar refractivity (Wildman–Crippen MR) is 86.2 cm³/mol. The van der Waals surface area contributed by atoms with E-state index in [4.69, 9.17) is 4.74 Å². The molecule has 1 N–H and O–H groups in total. The van der Waals surface area contributed by atoms with E-state index in [1.54, 1.807) is 31.4 Å². The lowest BCUT2D eigenvalue weighted by molar-refractivity contribution is -0.128. The largest absolute Gasteiger partial charge is 0.497 e. The number of ether oxygens (including phenoxy) is 1. The van der Waals surface area contributed by atoms with Crippen LogP contribution in [0.2, 0.25) is 0 Å². The van der Waals surface area contributed by atoms with Crippen LogP contribution >= 0.6 is 0 Å². The van der Waals surface area contributed by atoms with Crippen LogP contribution in [0.25, 0.3) is 0 Å². The van der Waals surface area contributed by atoms with E-state index >= 15 is 0 Å². The Hall–Kier alpha value is -2.89. The van der Waals surface area contributed by atoms with Gasteiger partial charge < -0.3 is 15.0 Å². The average Bonchev–Trinajstić information content (AvgIpc) is 2.62.